The molecule has 0 radical (unpaired) electrons. The molecule has 268 valence electrons. The van der Waals surface area contributed by atoms with Gasteiger partial charge in [0.1, 0.15) is 0 Å². The number of fused-ring (bicyclic) bond motifs is 18. The van der Waals surface area contributed by atoms with Crippen LogP contribution in [-0.2, 0) is 18.6 Å². The quantitative estimate of drug-likeness (QED) is 0.168. The van der Waals surface area contributed by atoms with Gasteiger partial charge in [0.2, 0.25) is 0 Å². The third-order valence-electron chi connectivity index (χ3n) is 12.4. The molecule has 7 aromatic rings. The Bertz CT molecular complexity index is 2400. The van der Waals surface area contributed by atoms with Crippen LogP contribution in [0.25, 0.3) is 64.6 Å². The maximum Gasteiger partial charge on any atom is 0.494 e. The highest BCUT2D eigenvalue weighted by atomic mass is 16.7. The molecule has 2 aliphatic heterocycles. The van der Waals surface area contributed by atoms with Crippen molar-refractivity contribution in [2.24, 2.45) is 0 Å². The Labute approximate surface area is 318 Å². The standard InChI is InChI=1S/C48H46B2O4/c1-45(2)46(3,4)52-49(51-45)43-27-39-25-40(28-43)36-18-10-14-32(22-36)34-16-12-20-38(24-34)42-26-41(29-44(30-42)50-53-47(5,6)48(7,8)54-50)37-19-11-15-33(23-37)31-13-9-17-35(39)21-31/h9-30H,1-8H3. The van der Waals surface area contributed by atoms with E-state index < -0.39 is 36.6 Å². The van der Waals surface area contributed by atoms with Crippen molar-refractivity contribution in [3.63, 3.8) is 0 Å². The van der Waals surface area contributed by atoms with Crippen LogP contribution in [0.15, 0.2) is 133 Å². The lowest BCUT2D eigenvalue weighted by molar-refractivity contribution is 0.00578. The molecule has 0 spiro atoms. The zero-order chi connectivity index (χ0) is 37.6. The Morgan fingerprint density at radius 3 is 0.685 bits per heavy atom. The second kappa shape index (κ2) is 12.4. The average molecular weight is 709 g/mol. The molecular formula is C48H46B2O4. The first-order valence-electron chi connectivity index (χ1n) is 19.1. The summed E-state index contributed by atoms with van der Waals surface area (Å²) in [6.45, 7) is 16.9. The summed E-state index contributed by atoms with van der Waals surface area (Å²) in [6, 6.07) is 48.9. The first-order chi connectivity index (χ1) is 25.6. The van der Waals surface area contributed by atoms with Gasteiger partial charge in [0, 0.05) is 0 Å². The molecule has 0 atom stereocenters. The van der Waals surface area contributed by atoms with Gasteiger partial charge in [-0.05, 0) is 167 Å². The van der Waals surface area contributed by atoms with Gasteiger partial charge in [0.05, 0.1) is 22.4 Å². The summed E-state index contributed by atoms with van der Waals surface area (Å²) in [6.07, 6.45) is 0. The highest BCUT2D eigenvalue weighted by Gasteiger charge is 2.52. The molecule has 2 aliphatic rings. The molecule has 7 aromatic carbocycles. The van der Waals surface area contributed by atoms with Crippen molar-refractivity contribution >= 4 is 89.8 Å². The van der Waals surface area contributed by atoms with Crippen LogP contribution in [0.2, 0.25) is 0 Å². The van der Waals surface area contributed by atoms with Crippen LogP contribution in [0.3, 0.4) is 0 Å². The summed E-state index contributed by atoms with van der Waals surface area (Å²) < 4.78 is 26.4. The normalized spacial score (nSPS) is 18.6. The molecule has 54 heavy (non-hydrogen) atoms. The first-order valence-corrected chi connectivity index (χ1v) is 19.1. The predicted molar refractivity (Wildman–Crippen MR) is 229 cm³/mol. The molecule has 2 heterocycles. The molecule has 2 saturated heterocycles. The van der Waals surface area contributed by atoms with E-state index in [4.69, 9.17) is 18.6 Å². The molecule has 2 fully saturated rings. The van der Waals surface area contributed by atoms with Crippen LogP contribution in [0.1, 0.15) is 55.4 Å². The van der Waals surface area contributed by atoms with Crippen molar-refractivity contribution in [3.8, 4) is 0 Å². The summed E-state index contributed by atoms with van der Waals surface area (Å²) in [7, 11) is -0.968. The lowest BCUT2D eigenvalue weighted by atomic mass is 9.77. The summed E-state index contributed by atoms with van der Waals surface area (Å²) >= 11 is 0. The van der Waals surface area contributed by atoms with Crippen LogP contribution in [0, 0.1) is 0 Å². The molecular weight excluding hydrogens is 662 g/mol. The number of rotatable bonds is 2. The van der Waals surface area contributed by atoms with Gasteiger partial charge in [-0.2, -0.15) is 0 Å². The van der Waals surface area contributed by atoms with Gasteiger partial charge in [0.15, 0.2) is 0 Å². The third kappa shape index (κ3) is 6.06. The number of hydrogen-bond acceptors (Lipinski definition) is 4. The van der Waals surface area contributed by atoms with Crippen LogP contribution in [-0.4, -0.2) is 36.6 Å². The van der Waals surface area contributed by atoms with Crippen molar-refractivity contribution in [1.82, 2.24) is 0 Å². The maximum atomic E-state index is 6.61. The summed E-state index contributed by atoms with van der Waals surface area (Å²) in [5.41, 5.74) is 0.227. The molecule has 0 aromatic heterocycles. The smallest absolute Gasteiger partial charge is 0.399 e. The Kier molecular flexibility index (Phi) is 8.05. The van der Waals surface area contributed by atoms with Gasteiger partial charge in [-0.15, -0.1) is 0 Å². The molecule has 0 aliphatic carbocycles. The van der Waals surface area contributed by atoms with Crippen molar-refractivity contribution in [2.75, 3.05) is 0 Å². The fourth-order valence-corrected chi connectivity index (χ4v) is 7.71. The third-order valence-corrected chi connectivity index (χ3v) is 12.4. The van der Waals surface area contributed by atoms with E-state index in [2.05, 4.69) is 189 Å². The molecule has 0 unspecified atom stereocenters. The minimum atomic E-state index is -0.484. The first kappa shape index (κ1) is 35.0. The predicted octanol–water partition coefficient (Wildman–Crippen LogP) is 10.9. The summed E-state index contributed by atoms with van der Waals surface area (Å²) in [4.78, 5) is 0. The maximum absolute atomic E-state index is 6.61. The second-order valence-corrected chi connectivity index (χ2v) is 17.2. The minimum Gasteiger partial charge on any atom is -0.399 e. The topological polar surface area (TPSA) is 36.9 Å². The van der Waals surface area contributed by atoms with E-state index in [9.17, 15) is 0 Å². The minimum absolute atomic E-state index is 0.446. The highest BCUT2D eigenvalue weighted by molar-refractivity contribution is 6.63. The molecule has 9 rings (SSSR count). The lowest BCUT2D eigenvalue weighted by Crippen LogP contribution is -2.41. The summed E-state index contributed by atoms with van der Waals surface area (Å²) in [5, 5.41) is 13.6. The van der Waals surface area contributed by atoms with Crippen molar-refractivity contribution < 1.29 is 18.6 Å². The van der Waals surface area contributed by atoms with E-state index in [0.717, 1.165) is 75.6 Å². The van der Waals surface area contributed by atoms with Gasteiger partial charge >= 0.3 is 14.2 Å². The van der Waals surface area contributed by atoms with Crippen molar-refractivity contribution in [1.29, 1.82) is 0 Å². The van der Waals surface area contributed by atoms with E-state index in [1.807, 2.05) is 0 Å². The van der Waals surface area contributed by atoms with E-state index in [0.29, 0.717) is 0 Å². The Morgan fingerprint density at radius 1 is 0.278 bits per heavy atom. The van der Waals surface area contributed by atoms with E-state index in [1.165, 1.54) is 0 Å². The molecule has 0 saturated carbocycles. The molecule has 4 nitrogen and oxygen atoms in total. The van der Waals surface area contributed by atoms with Crippen molar-refractivity contribution in [2.45, 2.75) is 77.8 Å². The molecule has 0 N–H and O–H groups in total. The molecule has 0 amide bonds. The van der Waals surface area contributed by atoms with E-state index in [-0.39, 0.29) is 0 Å². The van der Waals surface area contributed by atoms with Crippen LogP contribution >= 0.6 is 0 Å². The van der Waals surface area contributed by atoms with Gasteiger partial charge in [-0.1, -0.05) is 97.1 Å². The fourth-order valence-electron chi connectivity index (χ4n) is 7.71. The lowest BCUT2D eigenvalue weighted by Gasteiger charge is -2.32. The van der Waals surface area contributed by atoms with Gasteiger partial charge in [-0.25, -0.2) is 0 Å². The van der Waals surface area contributed by atoms with Gasteiger partial charge in [-0.3, -0.25) is 0 Å². The zero-order valence-electron chi connectivity index (χ0n) is 32.5. The van der Waals surface area contributed by atoms with Crippen LogP contribution in [0.4, 0.5) is 0 Å². The largest absolute Gasteiger partial charge is 0.494 e. The zero-order valence-corrected chi connectivity index (χ0v) is 32.5. The molecule has 12 bridgehead atoms. The van der Waals surface area contributed by atoms with Crippen LogP contribution in [0.5, 0.6) is 0 Å². The van der Waals surface area contributed by atoms with E-state index in [1.54, 1.807) is 0 Å². The Balaban J connectivity index is 1.38. The number of hydrogen-bond donors (Lipinski definition) is 0. The Morgan fingerprint density at radius 2 is 0.463 bits per heavy atom. The Hall–Kier alpha value is -4.71. The number of benzene rings is 6. The highest BCUT2D eigenvalue weighted by Crippen LogP contribution is 2.38. The SMILES string of the molecule is CC1(C)OB(c2cc3cc(c2)c2cccc(c2)c2cccc(c2)c2cc(B4OC(C)(C)C(C)(C)O4)cc(c2)c2cccc(c2)c2cccc3c2)OC1(C)C. The van der Waals surface area contributed by atoms with E-state index >= 15 is 0 Å². The van der Waals surface area contributed by atoms with Crippen molar-refractivity contribution in [3.05, 3.63) is 133 Å². The second-order valence-electron chi connectivity index (χ2n) is 17.2. The van der Waals surface area contributed by atoms with Gasteiger partial charge in [0.25, 0.3) is 0 Å². The fraction of sp³-hybridized carbons (Fsp3) is 0.250. The van der Waals surface area contributed by atoms with Gasteiger partial charge < -0.3 is 18.6 Å². The average Bonchev–Trinajstić information content (AvgIpc) is 3.53. The monoisotopic (exact) mass is 708 g/mol. The van der Waals surface area contributed by atoms with Crippen LogP contribution < -0.4 is 10.9 Å². The molecule has 6 heteroatoms. The summed E-state index contributed by atoms with van der Waals surface area (Å²) in [5.74, 6) is 0.